The van der Waals surface area contributed by atoms with E-state index >= 15 is 0 Å². The summed E-state index contributed by atoms with van der Waals surface area (Å²) in [6.07, 6.45) is 1.87. The van der Waals surface area contributed by atoms with Gasteiger partial charge in [-0.2, -0.15) is 0 Å². The highest BCUT2D eigenvalue weighted by Gasteiger charge is 2.31. The van der Waals surface area contributed by atoms with E-state index < -0.39 is 0 Å². The van der Waals surface area contributed by atoms with Gasteiger partial charge in [-0.25, -0.2) is 4.98 Å². The first-order chi connectivity index (χ1) is 8.80. The Bertz CT molecular complexity index is 455. The maximum atomic E-state index is 12.1. The van der Waals surface area contributed by atoms with Crippen LogP contribution in [0.5, 0.6) is 0 Å². The molecule has 6 heteroatoms. The maximum Gasteiger partial charge on any atom is 0.291 e. The van der Waals surface area contributed by atoms with Gasteiger partial charge in [-0.05, 0) is 19.8 Å². The number of aromatic nitrogens is 3. The van der Waals surface area contributed by atoms with Gasteiger partial charge in [0.2, 0.25) is 5.82 Å². The topological polar surface area (TPSA) is 79.9 Å². The van der Waals surface area contributed by atoms with Crippen LogP contribution in [0.1, 0.15) is 57.0 Å². The van der Waals surface area contributed by atoms with Crippen molar-refractivity contribution in [2.45, 2.75) is 51.5 Å². The predicted octanol–water partition coefficient (Wildman–Crippen LogP) is 1.40. The fourth-order valence-corrected chi connectivity index (χ4v) is 2.06. The molecule has 19 heavy (non-hydrogen) atoms. The van der Waals surface area contributed by atoms with Crippen molar-refractivity contribution in [1.82, 2.24) is 20.5 Å². The third-order valence-electron chi connectivity index (χ3n) is 3.25. The molecule has 1 aliphatic rings. The molecule has 0 aromatic carbocycles. The molecule has 1 fully saturated rings. The van der Waals surface area contributed by atoms with Gasteiger partial charge in [0, 0.05) is 12.0 Å². The fraction of sp³-hybridized carbons (Fsp3) is 0.769. The van der Waals surface area contributed by atoms with Crippen LogP contribution in [0.15, 0.2) is 0 Å². The van der Waals surface area contributed by atoms with Crippen LogP contribution in [0, 0.1) is 0 Å². The molecule has 1 aromatic rings. The summed E-state index contributed by atoms with van der Waals surface area (Å²) in [6.45, 7) is 9.35. The molecule has 1 unspecified atom stereocenters. The van der Waals surface area contributed by atoms with Crippen LogP contribution < -0.4 is 5.32 Å². The highest BCUT2D eigenvalue weighted by Crippen LogP contribution is 2.20. The number of carbonyl (C=O) groups excluding carboxylic acids is 1. The zero-order valence-corrected chi connectivity index (χ0v) is 12.0. The van der Waals surface area contributed by atoms with Crippen LogP contribution in [0.4, 0.5) is 0 Å². The van der Waals surface area contributed by atoms with Gasteiger partial charge in [0.1, 0.15) is 5.82 Å². The van der Waals surface area contributed by atoms with Gasteiger partial charge in [-0.15, -0.1) is 5.10 Å². The molecule has 1 aliphatic heterocycles. The minimum Gasteiger partial charge on any atom is -0.379 e. The van der Waals surface area contributed by atoms with Crippen LogP contribution >= 0.6 is 0 Å². The van der Waals surface area contributed by atoms with E-state index in [1.165, 1.54) is 0 Å². The summed E-state index contributed by atoms with van der Waals surface area (Å²) in [4.78, 5) is 16.4. The molecular weight excluding hydrogens is 244 g/mol. The number of H-pyrrole nitrogens is 1. The second kappa shape index (κ2) is 4.92. The van der Waals surface area contributed by atoms with Crippen molar-refractivity contribution in [2.24, 2.45) is 0 Å². The lowest BCUT2D eigenvalue weighted by molar-refractivity contribution is 0.0270. The average Bonchev–Trinajstić information content (AvgIpc) is 2.78. The molecule has 1 aromatic heterocycles. The lowest BCUT2D eigenvalue weighted by Gasteiger charge is -2.33. The Morgan fingerprint density at radius 3 is 2.74 bits per heavy atom. The number of nitrogens with one attached hydrogen (secondary N) is 2. The monoisotopic (exact) mass is 266 g/mol. The highest BCUT2D eigenvalue weighted by molar-refractivity contribution is 5.90. The number of aromatic amines is 1. The fourth-order valence-electron chi connectivity index (χ4n) is 2.06. The normalized spacial score (nSPS) is 24.2. The smallest absolute Gasteiger partial charge is 0.291 e. The van der Waals surface area contributed by atoms with Crippen LogP contribution in [0.2, 0.25) is 0 Å². The van der Waals surface area contributed by atoms with Crippen molar-refractivity contribution in [3.63, 3.8) is 0 Å². The first-order valence-corrected chi connectivity index (χ1v) is 6.63. The third-order valence-corrected chi connectivity index (χ3v) is 3.25. The molecule has 0 saturated carbocycles. The Morgan fingerprint density at radius 1 is 1.47 bits per heavy atom. The van der Waals surface area contributed by atoms with Crippen LogP contribution in [0.3, 0.4) is 0 Å². The van der Waals surface area contributed by atoms with Gasteiger partial charge in [0.15, 0.2) is 0 Å². The van der Waals surface area contributed by atoms with Gasteiger partial charge in [-0.1, -0.05) is 20.8 Å². The zero-order chi connectivity index (χ0) is 14.1. The molecule has 1 amide bonds. The first-order valence-electron chi connectivity index (χ1n) is 6.63. The van der Waals surface area contributed by atoms with Crippen molar-refractivity contribution in [3.8, 4) is 0 Å². The van der Waals surface area contributed by atoms with Crippen molar-refractivity contribution in [3.05, 3.63) is 11.6 Å². The zero-order valence-electron chi connectivity index (χ0n) is 12.0. The number of ether oxygens (including phenoxy) is 1. The quantitative estimate of drug-likeness (QED) is 0.848. The SMILES string of the molecule is CC1(NC(=O)c2n[nH]c(C(C)(C)C)n2)CCCOC1. The molecule has 2 N–H and O–H groups in total. The van der Waals surface area contributed by atoms with Crippen molar-refractivity contribution < 1.29 is 9.53 Å². The summed E-state index contributed by atoms with van der Waals surface area (Å²) in [5, 5.41) is 9.78. The van der Waals surface area contributed by atoms with Crippen LogP contribution in [-0.4, -0.2) is 39.8 Å². The Kier molecular flexibility index (Phi) is 3.62. The summed E-state index contributed by atoms with van der Waals surface area (Å²) in [5.74, 6) is 0.652. The van der Waals surface area contributed by atoms with E-state index in [0.717, 1.165) is 19.4 Å². The first kappa shape index (κ1) is 14.0. The van der Waals surface area contributed by atoms with Crippen molar-refractivity contribution in [1.29, 1.82) is 0 Å². The predicted molar refractivity (Wildman–Crippen MR) is 71.0 cm³/mol. The van der Waals surface area contributed by atoms with Crippen molar-refractivity contribution >= 4 is 5.91 Å². The number of hydrogen-bond donors (Lipinski definition) is 2. The molecule has 0 aliphatic carbocycles. The second-order valence-electron chi connectivity index (χ2n) is 6.43. The Hall–Kier alpha value is -1.43. The van der Waals surface area contributed by atoms with Crippen LogP contribution in [-0.2, 0) is 10.2 Å². The molecule has 0 radical (unpaired) electrons. The van der Waals surface area contributed by atoms with Crippen molar-refractivity contribution in [2.75, 3.05) is 13.2 Å². The maximum absolute atomic E-state index is 12.1. The van der Waals surface area contributed by atoms with Gasteiger partial charge >= 0.3 is 0 Å². The number of carbonyl (C=O) groups is 1. The summed E-state index contributed by atoms with van der Waals surface area (Å²) in [7, 11) is 0. The van der Waals surface area contributed by atoms with Gasteiger partial charge in [0.25, 0.3) is 5.91 Å². The Morgan fingerprint density at radius 2 is 2.21 bits per heavy atom. The summed E-state index contributed by atoms with van der Waals surface area (Å²) >= 11 is 0. The average molecular weight is 266 g/mol. The molecule has 1 atom stereocenters. The van der Waals surface area contributed by atoms with E-state index in [1.807, 2.05) is 27.7 Å². The largest absolute Gasteiger partial charge is 0.379 e. The summed E-state index contributed by atoms with van der Waals surface area (Å²) in [6, 6.07) is 0. The van der Waals surface area contributed by atoms with Gasteiger partial charge < -0.3 is 10.1 Å². The molecular formula is C13H22N4O2. The van der Waals surface area contributed by atoms with Gasteiger partial charge in [-0.3, -0.25) is 9.89 Å². The van der Waals surface area contributed by atoms with E-state index in [4.69, 9.17) is 4.74 Å². The van der Waals surface area contributed by atoms with E-state index in [-0.39, 0.29) is 22.7 Å². The third kappa shape index (κ3) is 3.32. The van der Waals surface area contributed by atoms with E-state index in [0.29, 0.717) is 12.4 Å². The lowest BCUT2D eigenvalue weighted by atomic mass is 9.95. The number of amides is 1. The molecule has 0 spiro atoms. The highest BCUT2D eigenvalue weighted by atomic mass is 16.5. The molecule has 1 saturated heterocycles. The molecule has 6 nitrogen and oxygen atoms in total. The lowest BCUT2D eigenvalue weighted by Crippen LogP contribution is -2.51. The van der Waals surface area contributed by atoms with Gasteiger partial charge in [0.05, 0.1) is 12.1 Å². The molecule has 2 rings (SSSR count). The molecule has 106 valence electrons. The van der Waals surface area contributed by atoms with E-state index in [2.05, 4.69) is 20.5 Å². The number of rotatable bonds is 2. The van der Waals surface area contributed by atoms with E-state index in [1.54, 1.807) is 0 Å². The standard InChI is InChI=1S/C13H22N4O2/c1-12(2,3)11-14-9(16-17-11)10(18)15-13(4)6-5-7-19-8-13/h5-8H2,1-4H3,(H,15,18)(H,14,16,17). The van der Waals surface area contributed by atoms with E-state index in [9.17, 15) is 4.79 Å². The Balaban J connectivity index is 2.05. The Labute approximate surface area is 113 Å². The number of hydrogen-bond acceptors (Lipinski definition) is 4. The second-order valence-corrected chi connectivity index (χ2v) is 6.43. The minimum atomic E-state index is -0.322. The molecule has 2 heterocycles. The summed E-state index contributed by atoms with van der Waals surface area (Å²) < 4.78 is 5.42. The number of nitrogens with zero attached hydrogens (tertiary/aromatic N) is 2. The van der Waals surface area contributed by atoms with Crippen LogP contribution in [0.25, 0.3) is 0 Å². The summed E-state index contributed by atoms with van der Waals surface area (Å²) in [5.41, 5.74) is -0.471. The molecule has 0 bridgehead atoms. The minimum absolute atomic E-state index is 0.149.